The first-order valence-electron chi connectivity index (χ1n) is 12.5. The van der Waals surface area contributed by atoms with E-state index in [9.17, 15) is 19.0 Å². The largest absolute Gasteiger partial charge is 0.393 e. The molecule has 0 spiro atoms. The highest BCUT2D eigenvalue weighted by Crippen LogP contribution is 2.60. The first-order chi connectivity index (χ1) is 14.3. The second-order valence-corrected chi connectivity index (χ2v) is 11.8. The standard InChI is InChI=1S/C27H44F2O2/c1-18-15-20(17-22(30)16-18)8-9-21-7-6-13-26(5)23(10-11-24(21)26)19(2)12-14-27(28,29)25(3,4)31/h8-9,18-19,22-24,30-31H,6-7,10-17H2,1-5H3/b20-8-,21-9+/t18-,19-,22+,23?,24?,26-/m1/s1. The molecule has 0 aromatic carbocycles. The highest BCUT2D eigenvalue weighted by Gasteiger charge is 2.51. The maximum Gasteiger partial charge on any atom is 0.275 e. The number of hydrogen-bond acceptors (Lipinski definition) is 2. The summed E-state index contributed by atoms with van der Waals surface area (Å²) in [5.41, 5.74) is 1.12. The molecule has 0 bridgehead atoms. The second-order valence-electron chi connectivity index (χ2n) is 11.8. The molecule has 4 heteroatoms. The quantitative estimate of drug-likeness (QED) is 0.466. The molecule has 0 heterocycles. The number of alkyl halides is 2. The Morgan fingerprint density at radius 1 is 1.19 bits per heavy atom. The van der Waals surface area contributed by atoms with E-state index in [0.717, 1.165) is 38.5 Å². The van der Waals surface area contributed by atoms with E-state index in [2.05, 4.69) is 32.9 Å². The lowest BCUT2D eigenvalue weighted by molar-refractivity contribution is -0.168. The van der Waals surface area contributed by atoms with Crippen molar-refractivity contribution in [1.29, 1.82) is 0 Å². The van der Waals surface area contributed by atoms with Gasteiger partial charge in [-0.3, -0.25) is 0 Å². The van der Waals surface area contributed by atoms with Gasteiger partial charge in [0.05, 0.1) is 6.10 Å². The number of allylic oxidation sites excluding steroid dienone is 3. The van der Waals surface area contributed by atoms with Gasteiger partial charge in [-0.15, -0.1) is 0 Å². The van der Waals surface area contributed by atoms with Crippen LogP contribution in [0, 0.1) is 29.1 Å². The van der Waals surface area contributed by atoms with E-state index in [1.165, 1.54) is 37.8 Å². The normalized spacial score (nSPS) is 38.5. The molecule has 3 aliphatic carbocycles. The number of halogens is 2. The van der Waals surface area contributed by atoms with Gasteiger partial charge in [-0.05, 0) is 101 Å². The second kappa shape index (κ2) is 9.25. The van der Waals surface area contributed by atoms with Gasteiger partial charge in [0, 0.05) is 6.42 Å². The minimum Gasteiger partial charge on any atom is -0.393 e. The minimum absolute atomic E-state index is 0.186. The molecule has 178 valence electrons. The number of rotatable bonds is 6. The van der Waals surface area contributed by atoms with E-state index < -0.39 is 11.5 Å². The molecule has 3 aliphatic rings. The van der Waals surface area contributed by atoms with E-state index in [-0.39, 0.29) is 23.9 Å². The molecule has 3 saturated carbocycles. The van der Waals surface area contributed by atoms with Crippen LogP contribution in [0.3, 0.4) is 0 Å². The Morgan fingerprint density at radius 2 is 1.90 bits per heavy atom. The van der Waals surface area contributed by atoms with Crippen LogP contribution in [0.2, 0.25) is 0 Å². The van der Waals surface area contributed by atoms with Crippen molar-refractivity contribution in [2.45, 2.75) is 116 Å². The van der Waals surface area contributed by atoms with Crippen molar-refractivity contribution < 1.29 is 19.0 Å². The SMILES string of the molecule is C[C@@H]1C/C(=C/C=C2\CCC[C@@]3(C)C2CCC3[C@H](C)CCC(F)(F)C(C)(C)O)C[C@@H](O)C1. The van der Waals surface area contributed by atoms with Gasteiger partial charge in [-0.25, -0.2) is 8.78 Å². The average molecular weight is 439 g/mol. The zero-order valence-electron chi connectivity index (χ0n) is 20.3. The van der Waals surface area contributed by atoms with Gasteiger partial charge >= 0.3 is 0 Å². The van der Waals surface area contributed by atoms with Gasteiger partial charge in [0.25, 0.3) is 5.92 Å². The summed E-state index contributed by atoms with van der Waals surface area (Å²) in [6, 6.07) is 0. The van der Waals surface area contributed by atoms with Crippen LogP contribution in [-0.4, -0.2) is 27.8 Å². The number of aliphatic hydroxyl groups is 2. The molecular weight excluding hydrogens is 394 g/mol. The van der Waals surface area contributed by atoms with Crippen molar-refractivity contribution in [3.8, 4) is 0 Å². The van der Waals surface area contributed by atoms with Crippen molar-refractivity contribution in [2.24, 2.45) is 29.1 Å². The molecule has 6 atom stereocenters. The van der Waals surface area contributed by atoms with E-state index in [1.54, 1.807) is 0 Å². The van der Waals surface area contributed by atoms with Crippen molar-refractivity contribution in [2.75, 3.05) is 0 Å². The van der Waals surface area contributed by atoms with Gasteiger partial charge in [0.1, 0.15) is 5.60 Å². The molecule has 2 N–H and O–H groups in total. The molecule has 0 radical (unpaired) electrons. The minimum atomic E-state index is -3.05. The monoisotopic (exact) mass is 438 g/mol. The molecule has 0 saturated heterocycles. The van der Waals surface area contributed by atoms with E-state index >= 15 is 0 Å². The summed E-state index contributed by atoms with van der Waals surface area (Å²) < 4.78 is 28.6. The fraction of sp³-hybridized carbons (Fsp3) is 0.852. The first kappa shape index (κ1) is 24.9. The Kier molecular flexibility index (Phi) is 7.43. The van der Waals surface area contributed by atoms with Crippen molar-refractivity contribution in [3.05, 3.63) is 23.3 Å². The highest BCUT2D eigenvalue weighted by molar-refractivity contribution is 5.26. The van der Waals surface area contributed by atoms with Crippen molar-refractivity contribution in [1.82, 2.24) is 0 Å². The predicted octanol–water partition coefficient (Wildman–Crippen LogP) is 7.06. The third-order valence-corrected chi connectivity index (χ3v) is 8.85. The Labute approximate surface area is 188 Å². The third-order valence-electron chi connectivity index (χ3n) is 8.85. The molecule has 31 heavy (non-hydrogen) atoms. The lowest BCUT2D eigenvalue weighted by Crippen LogP contribution is -2.43. The van der Waals surface area contributed by atoms with Gasteiger partial charge in [0.2, 0.25) is 0 Å². The van der Waals surface area contributed by atoms with Crippen LogP contribution in [0.25, 0.3) is 0 Å². The van der Waals surface area contributed by atoms with Crippen LogP contribution in [0.1, 0.15) is 98.8 Å². The maximum absolute atomic E-state index is 14.3. The summed E-state index contributed by atoms with van der Waals surface area (Å²) in [7, 11) is 0. The lowest BCUT2D eigenvalue weighted by atomic mass is 9.60. The molecule has 2 nitrogen and oxygen atoms in total. The van der Waals surface area contributed by atoms with Crippen LogP contribution >= 0.6 is 0 Å². The Bertz CT molecular complexity index is 678. The zero-order valence-corrected chi connectivity index (χ0v) is 20.3. The summed E-state index contributed by atoms with van der Waals surface area (Å²) in [4.78, 5) is 0. The molecule has 2 unspecified atom stereocenters. The van der Waals surface area contributed by atoms with Crippen LogP contribution < -0.4 is 0 Å². The molecule has 3 rings (SSSR count). The van der Waals surface area contributed by atoms with Gasteiger partial charge in [0.15, 0.2) is 0 Å². The number of hydrogen-bond donors (Lipinski definition) is 2. The highest BCUT2D eigenvalue weighted by atomic mass is 19.3. The van der Waals surface area contributed by atoms with Gasteiger partial charge in [-0.1, -0.05) is 44.1 Å². The molecular formula is C27H44F2O2. The maximum atomic E-state index is 14.3. The Balaban J connectivity index is 1.69. The molecule has 3 fully saturated rings. The van der Waals surface area contributed by atoms with Crippen molar-refractivity contribution in [3.63, 3.8) is 0 Å². The molecule has 0 aliphatic heterocycles. The Morgan fingerprint density at radius 3 is 2.55 bits per heavy atom. The molecule has 0 amide bonds. The summed E-state index contributed by atoms with van der Waals surface area (Å²) in [6.45, 7) is 9.17. The number of aliphatic hydroxyl groups excluding tert-OH is 1. The van der Waals surface area contributed by atoms with E-state index in [0.29, 0.717) is 24.2 Å². The third kappa shape index (κ3) is 5.43. The van der Waals surface area contributed by atoms with Crippen molar-refractivity contribution >= 4 is 0 Å². The van der Waals surface area contributed by atoms with Crippen LogP contribution in [-0.2, 0) is 0 Å². The summed E-state index contributed by atoms with van der Waals surface area (Å²) in [5.74, 6) is -1.26. The average Bonchev–Trinajstić information content (AvgIpc) is 3.00. The van der Waals surface area contributed by atoms with Crippen LogP contribution in [0.15, 0.2) is 23.3 Å². The number of fused-ring (bicyclic) bond motifs is 1. The van der Waals surface area contributed by atoms with Gasteiger partial charge in [-0.2, -0.15) is 0 Å². The first-order valence-corrected chi connectivity index (χ1v) is 12.5. The summed E-state index contributed by atoms with van der Waals surface area (Å²) in [5, 5.41) is 19.9. The fourth-order valence-corrected chi connectivity index (χ4v) is 6.96. The summed E-state index contributed by atoms with van der Waals surface area (Å²) >= 11 is 0. The van der Waals surface area contributed by atoms with E-state index in [4.69, 9.17) is 0 Å². The fourth-order valence-electron chi connectivity index (χ4n) is 6.96. The summed E-state index contributed by atoms with van der Waals surface area (Å²) in [6.07, 6.45) is 13.2. The molecule has 0 aromatic rings. The van der Waals surface area contributed by atoms with Gasteiger partial charge < -0.3 is 10.2 Å². The Hall–Kier alpha value is -0.740. The molecule has 0 aromatic heterocycles. The predicted molar refractivity (Wildman–Crippen MR) is 123 cm³/mol. The lowest BCUT2D eigenvalue weighted by Gasteiger charge is -2.44. The zero-order chi connectivity index (χ0) is 23.0. The topological polar surface area (TPSA) is 40.5 Å². The van der Waals surface area contributed by atoms with Crippen LogP contribution in [0.5, 0.6) is 0 Å². The van der Waals surface area contributed by atoms with E-state index in [1.807, 2.05) is 0 Å². The van der Waals surface area contributed by atoms with Crippen LogP contribution in [0.4, 0.5) is 8.78 Å². The smallest absolute Gasteiger partial charge is 0.275 e.